The molecule has 7 nitrogen and oxygen atoms in total. The van der Waals surface area contributed by atoms with Gasteiger partial charge >= 0.3 is 12.0 Å². The van der Waals surface area contributed by atoms with E-state index in [0.29, 0.717) is 25.3 Å². The fraction of sp³-hybridized carbons (Fsp3) is 0.462. The van der Waals surface area contributed by atoms with Crippen LogP contribution in [0.5, 0.6) is 0 Å². The van der Waals surface area contributed by atoms with Crippen molar-refractivity contribution in [1.82, 2.24) is 10.2 Å². The highest BCUT2D eigenvalue weighted by Gasteiger charge is 2.31. The van der Waals surface area contributed by atoms with Gasteiger partial charge in [-0.05, 0) is 19.1 Å². The topological polar surface area (TPSA) is 88.8 Å². The van der Waals surface area contributed by atoms with E-state index in [2.05, 4.69) is 5.32 Å². The number of carbonyl (C=O) groups excluding carboxylic acids is 3. The highest BCUT2D eigenvalue weighted by molar-refractivity contribution is 5.98. The normalized spacial score (nSPS) is 15.8. The van der Waals surface area contributed by atoms with Gasteiger partial charge < -0.3 is 14.5 Å². The number of urea groups is 1. The van der Waals surface area contributed by atoms with Crippen molar-refractivity contribution in [2.75, 3.05) is 13.1 Å². The van der Waals surface area contributed by atoms with Crippen LogP contribution in [0.3, 0.4) is 0 Å². The molecule has 1 atom stereocenters. The lowest BCUT2D eigenvalue weighted by atomic mass is 10.2. The molecule has 1 fully saturated rings. The van der Waals surface area contributed by atoms with E-state index in [1.54, 1.807) is 12.1 Å². The summed E-state index contributed by atoms with van der Waals surface area (Å²) in [5, 5.41) is 2.52. The van der Waals surface area contributed by atoms with Gasteiger partial charge in [0.1, 0.15) is 5.76 Å². The minimum Gasteiger partial charge on any atom is -0.469 e. The second-order valence-corrected chi connectivity index (χ2v) is 4.43. The molecule has 1 N–H and O–H groups in total. The maximum Gasteiger partial charge on any atom is 0.324 e. The number of rotatable bonds is 5. The molecule has 0 unspecified atom stereocenters. The van der Waals surface area contributed by atoms with Crippen LogP contribution < -0.4 is 5.32 Å². The summed E-state index contributed by atoms with van der Waals surface area (Å²) in [6, 6.07) is 3.04. The van der Waals surface area contributed by atoms with Crippen molar-refractivity contribution in [3.05, 3.63) is 24.2 Å². The molecular formula is C13H16N2O5. The summed E-state index contributed by atoms with van der Waals surface area (Å²) in [4.78, 5) is 35.9. The molecule has 0 spiro atoms. The zero-order valence-electron chi connectivity index (χ0n) is 11.1. The van der Waals surface area contributed by atoms with Gasteiger partial charge in [0.05, 0.1) is 12.7 Å². The largest absolute Gasteiger partial charge is 0.469 e. The molecule has 1 saturated heterocycles. The Balaban J connectivity index is 1.78. The Labute approximate surface area is 115 Å². The average Bonchev–Trinajstić information content (AvgIpc) is 3.06. The maximum absolute atomic E-state index is 11.9. The third-order valence-corrected chi connectivity index (χ3v) is 2.93. The summed E-state index contributed by atoms with van der Waals surface area (Å²) >= 11 is 0. The van der Waals surface area contributed by atoms with Gasteiger partial charge in [0.15, 0.2) is 6.10 Å². The van der Waals surface area contributed by atoms with Crippen molar-refractivity contribution in [3.63, 3.8) is 0 Å². The number of esters is 1. The van der Waals surface area contributed by atoms with Crippen molar-refractivity contribution in [3.8, 4) is 0 Å². The van der Waals surface area contributed by atoms with Gasteiger partial charge in [-0.3, -0.25) is 14.5 Å². The van der Waals surface area contributed by atoms with Gasteiger partial charge in [0.2, 0.25) is 0 Å². The van der Waals surface area contributed by atoms with Gasteiger partial charge in [-0.15, -0.1) is 0 Å². The van der Waals surface area contributed by atoms with Crippen LogP contribution >= 0.6 is 0 Å². The number of carbonyl (C=O) groups is 3. The van der Waals surface area contributed by atoms with E-state index in [1.165, 1.54) is 13.2 Å². The zero-order valence-corrected chi connectivity index (χ0v) is 11.1. The molecule has 2 rings (SSSR count). The van der Waals surface area contributed by atoms with Gasteiger partial charge in [0.25, 0.3) is 5.91 Å². The molecule has 0 radical (unpaired) electrons. The third kappa shape index (κ3) is 3.37. The van der Waals surface area contributed by atoms with E-state index in [9.17, 15) is 14.4 Å². The Morgan fingerprint density at radius 2 is 2.35 bits per heavy atom. The number of imide groups is 1. The van der Waals surface area contributed by atoms with Crippen molar-refractivity contribution < 1.29 is 23.5 Å². The molecule has 1 aliphatic heterocycles. The maximum atomic E-state index is 11.9. The van der Waals surface area contributed by atoms with Crippen molar-refractivity contribution in [2.24, 2.45) is 0 Å². The number of hydrogen-bond donors (Lipinski definition) is 1. The predicted octanol–water partition coefficient (Wildman–Crippen LogP) is 0.696. The van der Waals surface area contributed by atoms with E-state index >= 15 is 0 Å². The van der Waals surface area contributed by atoms with E-state index in [4.69, 9.17) is 9.15 Å². The monoisotopic (exact) mass is 280 g/mol. The lowest BCUT2D eigenvalue weighted by molar-refractivity contribution is -0.157. The Morgan fingerprint density at radius 1 is 1.55 bits per heavy atom. The fourth-order valence-corrected chi connectivity index (χ4v) is 1.89. The molecule has 2 heterocycles. The molecule has 0 saturated carbocycles. The lowest BCUT2D eigenvalue weighted by Gasteiger charge is -2.17. The van der Waals surface area contributed by atoms with Crippen molar-refractivity contribution in [1.29, 1.82) is 0 Å². The summed E-state index contributed by atoms with van der Waals surface area (Å²) in [7, 11) is 0. The molecule has 0 aliphatic carbocycles. The first-order valence-electron chi connectivity index (χ1n) is 6.39. The van der Waals surface area contributed by atoms with Gasteiger partial charge in [-0.2, -0.15) is 0 Å². The number of aryl methyl sites for hydroxylation is 1. The van der Waals surface area contributed by atoms with E-state index in [-0.39, 0.29) is 6.42 Å². The van der Waals surface area contributed by atoms with Gasteiger partial charge in [-0.1, -0.05) is 0 Å². The summed E-state index contributed by atoms with van der Waals surface area (Å²) < 4.78 is 10.1. The molecule has 1 aliphatic rings. The molecular weight excluding hydrogens is 264 g/mol. The van der Waals surface area contributed by atoms with Crippen LogP contribution in [-0.2, 0) is 20.7 Å². The molecule has 1 aromatic heterocycles. The minimum absolute atomic E-state index is 0.122. The fourth-order valence-electron chi connectivity index (χ4n) is 1.89. The zero-order chi connectivity index (χ0) is 14.5. The van der Waals surface area contributed by atoms with Crippen LogP contribution in [0.2, 0.25) is 0 Å². The second kappa shape index (κ2) is 6.23. The molecule has 3 amide bonds. The van der Waals surface area contributed by atoms with Crippen LogP contribution in [-0.4, -0.2) is 42.0 Å². The van der Waals surface area contributed by atoms with Crippen LogP contribution in [0.1, 0.15) is 19.1 Å². The molecule has 108 valence electrons. The van der Waals surface area contributed by atoms with Gasteiger partial charge in [0, 0.05) is 19.5 Å². The number of nitrogens with one attached hydrogen (secondary N) is 1. The number of furan rings is 1. The first kappa shape index (κ1) is 14.1. The van der Waals surface area contributed by atoms with Crippen molar-refractivity contribution in [2.45, 2.75) is 25.9 Å². The Morgan fingerprint density at radius 3 is 2.95 bits per heavy atom. The second-order valence-electron chi connectivity index (χ2n) is 4.43. The number of nitrogens with zero attached hydrogens (tertiary/aromatic N) is 1. The molecule has 0 bridgehead atoms. The minimum atomic E-state index is -0.969. The first-order chi connectivity index (χ1) is 9.58. The Hall–Kier alpha value is -2.31. The third-order valence-electron chi connectivity index (χ3n) is 2.93. The van der Waals surface area contributed by atoms with Crippen molar-refractivity contribution >= 4 is 17.9 Å². The summed E-state index contributed by atoms with van der Waals surface area (Å²) in [5.74, 6) is -0.326. The molecule has 0 aromatic carbocycles. The van der Waals surface area contributed by atoms with Crippen LogP contribution in [0, 0.1) is 0 Å². The quantitative estimate of drug-likeness (QED) is 0.802. The van der Waals surface area contributed by atoms with E-state index in [0.717, 1.165) is 4.90 Å². The van der Waals surface area contributed by atoms with Crippen LogP contribution in [0.25, 0.3) is 0 Å². The molecule has 20 heavy (non-hydrogen) atoms. The highest BCUT2D eigenvalue weighted by atomic mass is 16.5. The predicted molar refractivity (Wildman–Crippen MR) is 67.7 cm³/mol. The smallest absolute Gasteiger partial charge is 0.324 e. The highest BCUT2D eigenvalue weighted by Crippen LogP contribution is 2.08. The number of hydrogen-bond acceptors (Lipinski definition) is 5. The lowest BCUT2D eigenvalue weighted by Crippen LogP contribution is -2.41. The van der Waals surface area contributed by atoms with Crippen LogP contribution in [0.4, 0.5) is 4.79 Å². The Kier molecular flexibility index (Phi) is 4.39. The summed E-state index contributed by atoms with van der Waals surface area (Å²) in [5.41, 5.74) is 0. The SMILES string of the molecule is C[C@H](OC(=O)CCc1ccco1)C(=O)N1CCNC1=O. The Bertz CT molecular complexity index is 497. The van der Waals surface area contributed by atoms with Crippen LogP contribution in [0.15, 0.2) is 22.8 Å². The van der Waals surface area contributed by atoms with E-state index < -0.39 is 24.0 Å². The summed E-state index contributed by atoms with van der Waals surface area (Å²) in [6.07, 6.45) is 1.09. The number of ether oxygens (including phenoxy) is 1. The van der Waals surface area contributed by atoms with E-state index in [1.807, 2.05) is 0 Å². The first-order valence-corrected chi connectivity index (χ1v) is 6.39. The standard InChI is InChI=1S/C13H16N2O5/c1-9(12(17)15-7-6-14-13(15)18)20-11(16)5-4-10-3-2-8-19-10/h2-3,8-9H,4-7H2,1H3,(H,14,18)/t9-/m0/s1. The molecule has 7 heteroatoms. The van der Waals surface area contributed by atoms with Gasteiger partial charge in [-0.25, -0.2) is 4.79 Å². The average molecular weight is 280 g/mol. The molecule has 1 aromatic rings. The number of amides is 3. The summed E-state index contributed by atoms with van der Waals surface area (Å²) in [6.45, 7) is 2.18.